The Morgan fingerprint density at radius 3 is 2.60 bits per heavy atom. The summed E-state index contributed by atoms with van der Waals surface area (Å²) in [6.45, 7) is 3.56. The van der Waals surface area contributed by atoms with E-state index in [9.17, 15) is 0 Å². The Morgan fingerprint density at radius 2 is 2.60 bits per heavy atom. The van der Waals surface area contributed by atoms with Crippen molar-refractivity contribution >= 4 is 23.4 Å². The van der Waals surface area contributed by atoms with Crippen molar-refractivity contribution in [1.82, 2.24) is 0 Å². The van der Waals surface area contributed by atoms with Gasteiger partial charge in [-0.05, 0) is 6.04 Å². The van der Waals surface area contributed by atoms with E-state index in [0.29, 0.717) is 0 Å². The zero-order valence-electron chi connectivity index (χ0n) is 3.08. The molecule has 0 aromatic carbocycles. The second kappa shape index (κ2) is 4.44. The SMILES string of the molecule is C=CC[SiH2]Br. The van der Waals surface area contributed by atoms with Crippen molar-refractivity contribution < 1.29 is 0 Å². The summed E-state index contributed by atoms with van der Waals surface area (Å²) in [5, 5.41) is 0. The summed E-state index contributed by atoms with van der Waals surface area (Å²) in [4.78, 5) is 0. The summed E-state index contributed by atoms with van der Waals surface area (Å²) in [5.74, 6) is 0. The van der Waals surface area contributed by atoms with Crippen molar-refractivity contribution in [2.45, 2.75) is 6.04 Å². The monoisotopic (exact) mass is 150 g/mol. The van der Waals surface area contributed by atoms with Crippen LogP contribution >= 0.6 is 15.3 Å². The molecule has 0 saturated heterocycles. The van der Waals surface area contributed by atoms with Gasteiger partial charge in [-0.15, -0.1) is 21.9 Å². The van der Waals surface area contributed by atoms with Gasteiger partial charge in [0.25, 0.3) is 0 Å². The molecule has 0 aromatic rings. The molecule has 30 valence electrons. The van der Waals surface area contributed by atoms with Crippen LogP contribution in [-0.4, -0.2) is 8.14 Å². The fraction of sp³-hybridized carbons (Fsp3) is 0.333. The molecule has 0 bridgehead atoms. The molecule has 0 N–H and O–H groups in total. The number of halogens is 1. The third-order valence-electron chi connectivity index (χ3n) is 0.313. The van der Waals surface area contributed by atoms with E-state index in [1.165, 1.54) is 6.04 Å². The summed E-state index contributed by atoms with van der Waals surface area (Å²) in [6, 6.07) is 1.21. The fourth-order valence-corrected chi connectivity index (χ4v) is 1.20. The van der Waals surface area contributed by atoms with Crippen molar-refractivity contribution in [3.63, 3.8) is 0 Å². The molecular weight excluding hydrogens is 144 g/mol. The molecule has 0 fully saturated rings. The lowest BCUT2D eigenvalue weighted by molar-refractivity contribution is 1.76. The highest BCUT2D eigenvalue weighted by Gasteiger charge is 1.66. The van der Waals surface area contributed by atoms with Gasteiger partial charge in [0, 0.05) is 0 Å². The summed E-state index contributed by atoms with van der Waals surface area (Å²) >= 11 is 3.38. The molecule has 0 rings (SSSR count). The lowest BCUT2D eigenvalue weighted by Crippen LogP contribution is -1.63. The van der Waals surface area contributed by atoms with Gasteiger partial charge in [-0.1, -0.05) is 6.08 Å². The third-order valence-corrected chi connectivity index (χ3v) is 2.31. The van der Waals surface area contributed by atoms with E-state index in [1.54, 1.807) is 0 Å². The lowest BCUT2D eigenvalue weighted by Gasteiger charge is -1.69. The van der Waals surface area contributed by atoms with Crippen molar-refractivity contribution in [3.05, 3.63) is 12.7 Å². The first-order chi connectivity index (χ1) is 2.41. The molecule has 5 heavy (non-hydrogen) atoms. The Balaban J connectivity index is 2.40. The molecule has 0 amide bonds. The smallest absolute Gasteiger partial charge is 0.102 e. The highest BCUT2D eigenvalue weighted by molar-refractivity contribution is 9.23. The number of allylic oxidation sites excluding steroid dienone is 1. The van der Waals surface area contributed by atoms with E-state index in [1.807, 2.05) is 6.08 Å². The minimum absolute atomic E-state index is 0.108. The predicted molar refractivity (Wildman–Crippen MR) is 32.5 cm³/mol. The highest BCUT2D eigenvalue weighted by Crippen LogP contribution is 1.82. The normalized spacial score (nSPS) is 9.80. The van der Waals surface area contributed by atoms with E-state index < -0.39 is 0 Å². The summed E-state index contributed by atoms with van der Waals surface area (Å²) in [6.07, 6.45) is 1.95. The first-order valence-corrected chi connectivity index (χ1v) is 6.48. The van der Waals surface area contributed by atoms with E-state index >= 15 is 0 Å². The average Bonchev–Trinajstić information content (AvgIpc) is 1.41. The van der Waals surface area contributed by atoms with E-state index in [2.05, 4.69) is 21.9 Å². The Labute approximate surface area is 42.7 Å². The van der Waals surface area contributed by atoms with Crippen molar-refractivity contribution in [2.75, 3.05) is 0 Å². The number of rotatable bonds is 2. The molecule has 0 heterocycles. The maximum absolute atomic E-state index is 3.56. The number of hydrogen-bond donors (Lipinski definition) is 0. The van der Waals surface area contributed by atoms with Gasteiger partial charge in [0.15, 0.2) is 0 Å². The van der Waals surface area contributed by atoms with Gasteiger partial charge in [0.2, 0.25) is 0 Å². The van der Waals surface area contributed by atoms with Crippen LogP contribution in [0.2, 0.25) is 6.04 Å². The molecule has 0 aliphatic carbocycles. The van der Waals surface area contributed by atoms with Crippen molar-refractivity contribution in [3.8, 4) is 0 Å². The molecule has 0 nitrogen and oxygen atoms in total. The molecule has 0 aliphatic rings. The van der Waals surface area contributed by atoms with Crippen LogP contribution in [0.15, 0.2) is 12.7 Å². The Bertz CT molecular complexity index is 28.1. The van der Waals surface area contributed by atoms with Gasteiger partial charge in [0.05, 0.1) is 0 Å². The number of hydrogen-bond acceptors (Lipinski definition) is 0. The van der Waals surface area contributed by atoms with Crippen LogP contribution in [0.5, 0.6) is 0 Å². The predicted octanol–water partition coefficient (Wildman–Crippen LogP) is 1.07. The topological polar surface area (TPSA) is 0 Å². The van der Waals surface area contributed by atoms with Crippen molar-refractivity contribution in [1.29, 1.82) is 0 Å². The summed E-state index contributed by atoms with van der Waals surface area (Å²) < 4.78 is 0. The molecule has 0 aromatic heterocycles. The Kier molecular flexibility index (Phi) is 4.82. The van der Waals surface area contributed by atoms with Gasteiger partial charge in [-0.2, -0.15) is 0 Å². The quantitative estimate of drug-likeness (QED) is 0.314. The van der Waals surface area contributed by atoms with Crippen LogP contribution in [0.25, 0.3) is 0 Å². The average molecular weight is 151 g/mol. The Hall–Kier alpha value is 0.437. The van der Waals surface area contributed by atoms with Crippen LogP contribution in [0, 0.1) is 0 Å². The maximum atomic E-state index is 3.56. The van der Waals surface area contributed by atoms with Crippen LogP contribution < -0.4 is 0 Å². The van der Waals surface area contributed by atoms with Crippen LogP contribution in [0.1, 0.15) is 0 Å². The van der Waals surface area contributed by atoms with Crippen LogP contribution in [-0.2, 0) is 0 Å². The zero-order valence-corrected chi connectivity index (χ0v) is 6.08. The molecule has 0 aliphatic heterocycles. The molecular formula is C3H7BrSi. The molecule has 0 radical (unpaired) electrons. The first kappa shape index (κ1) is 5.44. The first-order valence-electron chi connectivity index (χ1n) is 1.58. The van der Waals surface area contributed by atoms with E-state index in [-0.39, 0.29) is 8.14 Å². The third kappa shape index (κ3) is 4.44. The molecule has 2 heteroatoms. The minimum Gasteiger partial charge on any atom is -0.135 e. The van der Waals surface area contributed by atoms with Crippen LogP contribution in [0.3, 0.4) is 0 Å². The van der Waals surface area contributed by atoms with E-state index in [0.717, 1.165) is 0 Å². The van der Waals surface area contributed by atoms with Gasteiger partial charge in [0.1, 0.15) is 8.14 Å². The molecule has 0 saturated carbocycles. The second-order valence-corrected chi connectivity index (χ2v) is 4.10. The Morgan fingerprint density at radius 1 is 2.00 bits per heavy atom. The molecule has 0 atom stereocenters. The highest BCUT2D eigenvalue weighted by atomic mass is 79.9. The van der Waals surface area contributed by atoms with Gasteiger partial charge < -0.3 is 0 Å². The molecule has 0 unspecified atom stereocenters. The fourth-order valence-electron chi connectivity index (χ4n) is 0.0772. The summed E-state index contributed by atoms with van der Waals surface area (Å²) in [5.41, 5.74) is 0. The van der Waals surface area contributed by atoms with Crippen molar-refractivity contribution in [2.24, 2.45) is 0 Å². The largest absolute Gasteiger partial charge is 0.135 e. The zero-order chi connectivity index (χ0) is 4.12. The molecule has 0 spiro atoms. The van der Waals surface area contributed by atoms with E-state index in [4.69, 9.17) is 0 Å². The standard InChI is InChI=1S/C3H7BrSi/c1-2-3-5-4/h2H,1,3,5H2. The van der Waals surface area contributed by atoms with Gasteiger partial charge in [-0.3, -0.25) is 0 Å². The second-order valence-electron chi connectivity index (χ2n) is 0.766. The summed E-state index contributed by atoms with van der Waals surface area (Å²) in [7, 11) is 0.108. The maximum Gasteiger partial charge on any atom is 0.102 e. The van der Waals surface area contributed by atoms with Crippen LogP contribution in [0.4, 0.5) is 0 Å². The minimum atomic E-state index is 0.108. The van der Waals surface area contributed by atoms with Gasteiger partial charge in [-0.25, -0.2) is 0 Å². The lowest BCUT2D eigenvalue weighted by atomic mass is 10.8. The van der Waals surface area contributed by atoms with Gasteiger partial charge >= 0.3 is 0 Å².